The van der Waals surface area contributed by atoms with Crippen molar-refractivity contribution in [3.8, 4) is 0 Å². The lowest BCUT2D eigenvalue weighted by molar-refractivity contribution is -0.714. The number of quaternary nitrogens is 1. The molecule has 1 aliphatic rings. The first-order chi connectivity index (χ1) is 6.36. The van der Waals surface area contributed by atoms with Crippen LogP contribution in [-0.2, 0) is 0 Å². The lowest BCUT2D eigenvalue weighted by Crippen LogP contribution is -2.95. The zero-order valence-corrected chi connectivity index (χ0v) is 8.71. The molecule has 1 heteroatoms. The van der Waals surface area contributed by atoms with Crippen molar-refractivity contribution in [2.45, 2.75) is 51.1 Å². The standard InChI is InChI=1S/C12H21N/c1-3-5-8-12-10-6-9-11(13-12)7-4-2/h4,6,10-13H,2-3,5,7-9H2,1H3/p+1/t11-,12-/m0/s1. The van der Waals surface area contributed by atoms with Crippen LogP contribution < -0.4 is 5.32 Å². The summed E-state index contributed by atoms with van der Waals surface area (Å²) in [6.07, 6.45) is 13.1. The van der Waals surface area contributed by atoms with E-state index in [-0.39, 0.29) is 0 Å². The minimum atomic E-state index is 0.735. The largest absolute Gasteiger partial charge is 0.338 e. The predicted octanol–water partition coefficient (Wildman–Crippen LogP) is 2.01. The van der Waals surface area contributed by atoms with Crippen molar-refractivity contribution in [3.05, 3.63) is 24.8 Å². The van der Waals surface area contributed by atoms with Crippen molar-refractivity contribution in [1.29, 1.82) is 0 Å². The van der Waals surface area contributed by atoms with Gasteiger partial charge in [0.25, 0.3) is 0 Å². The predicted molar refractivity (Wildman–Crippen MR) is 57.6 cm³/mol. The first-order valence-corrected chi connectivity index (χ1v) is 5.49. The summed E-state index contributed by atoms with van der Waals surface area (Å²) in [5.41, 5.74) is 0. The maximum Gasteiger partial charge on any atom is 0.105 e. The van der Waals surface area contributed by atoms with Gasteiger partial charge in [0, 0.05) is 19.3 Å². The summed E-state index contributed by atoms with van der Waals surface area (Å²) >= 11 is 0. The average molecular weight is 180 g/mol. The smallest absolute Gasteiger partial charge is 0.105 e. The lowest BCUT2D eigenvalue weighted by atomic mass is 10.00. The van der Waals surface area contributed by atoms with Gasteiger partial charge in [0.15, 0.2) is 0 Å². The number of hydrogen-bond acceptors (Lipinski definition) is 0. The summed E-state index contributed by atoms with van der Waals surface area (Å²) in [5.74, 6) is 0. The Morgan fingerprint density at radius 3 is 3.15 bits per heavy atom. The molecular weight excluding hydrogens is 158 g/mol. The second-order valence-electron chi connectivity index (χ2n) is 3.95. The fourth-order valence-corrected chi connectivity index (χ4v) is 1.94. The highest BCUT2D eigenvalue weighted by Gasteiger charge is 2.18. The minimum Gasteiger partial charge on any atom is -0.338 e. The number of rotatable bonds is 5. The molecule has 0 fully saturated rings. The van der Waals surface area contributed by atoms with Crippen molar-refractivity contribution in [1.82, 2.24) is 0 Å². The molecule has 0 amide bonds. The van der Waals surface area contributed by atoms with E-state index in [1.165, 1.54) is 25.7 Å². The third-order valence-electron chi connectivity index (χ3n) is 2.70. The van der Waals surface area contributed by atoms with Crippen molar-refractivity contribution < 1.29 is 5.32 Å². The maximum atomic E-state index is 3.80. The van der Waals surface area contributed by atoms with Crippen LogP contribution in [-0.4, -0.2) is 12.1 Å². The molecule has 0 saturated carbocycles. The van der Waals surface area contributed by atoms with Crippen LogP contribution in [0.1, 0.15) is 39.0 Å². The molecule has 1 aliphatic heterocycles. The molecule has 1 heterocycles. The van der Waals surface area contributed by atoms with E-state index in [0.717, 1.165) is 18.5 Å². The second-order valence-corrected chi connectivity index (χ2v) is 3.95. The monoisotopic (exact) mass is 180 g/mol. The average Bonchev–Trinajstić information content (AvgIpc) is 2.16. The molecule has 74 valence electrons. The lowest BCUT2D eigenvalue weighted by Gasteiger charge is -2.22. The fourth-order valence-electron chi connectivity index (χ4n) is 1.94. The molecule has 0 radical (unpaired) electrons. The van der Waals surface area contributed by atoms with E-state index >= 15 is 0 Å². The van der Waals surface area contributed by atoms with E-state index in [9.17, 15) is 0 Å². The van der Waals surface area contributed by atoms with Crippen LogP contribution in [0.2, 0.25) is 0 Å². The Balaban J connectivity index is 2.28. The quantitative estimate of drug-likeness (QED) is 0.623. The molecule has 2 N–H and O–H groups in total. The van der Waals surface area contributed by atoms with Gasteiger partial charge in [0.2, 0.25) is 0 Å². The van der Waals surface area contributed by atoms with Gasteiger partial charge in [-0.15, -0.1) is 6.58 Å². The number of unbranched alkanes of at least 4 members (excludes halogenated alkanes) is 1. The van der Waals surface area contributed by atoms with E-state index in [0.29, 0.717) is 0 Å². The molecule has 0 unspecified atom stereocenters. The Morgan fingerprint density at radius 1 is 1.62 bits per heavy atom. The Bertz CT molecular complexity index is 172. The highest BCUT2D eigenvalue weighted by atomic mass is 14.9. The normalized spacial score (nSPS) is 27.5. The van der Waals surface area contributed by atoms with Gasteiger partial charge in [-0.1, -0.05) is 25.5 Å². The molecule has 0 saturated heterocycles. The van der Waals surface area contributed by atoms with Crippen molar-refractivity contribution in [2.75, 3.05) is 0 Å². The summed E-state index contributed by atoms with van der Waals surface area (Å²) in [4.78, 5) is 0. The maximum absolute atomic E-state index is 3.80. The van der Waals surface area contributed by atoms with Crippen LogP contribution in [0, 0.1) is 0 Å². The van der Waals surface area contributed by atoms with Gasteiger partial charge in [-0.2, -0.15) is 0 Å². The molecule has 1 nitrogen and oxygen atoms in total. The van der Waals surface area contributed by atoms with Gasteiger partial charge in [0.05, 0.1) is 6.04 Å². The van der Waals surface area contributed by atoms with Crippen molar-refractivity contribution >= 4 is 0 Å². The van der Waals surface area contributed by atoms with Gasteiger partial charge in [0.1, 0.15) is 6.04 Å². The van der Waals surface area contributed by atoms with Crippen molar-refractivity contribution in [3.63, 3.8) is 0 Å². The molecule has 0 spiro atoms. The molecule has 0 aromatic carbocycles. The van der Waals surface area contributed by atoms with Gasteiger partial charge in [-0.05, 0) is 12.5 Å². The SMILES string of the molecule is C=CC[C@H]1CC=C[C@H](CCCC)[NH2+]1. The Morgan fingerprint density at radius 2 is 2.46 bits per heavy atom. The van der Waals surface area contributed by atoms with E-state index in [1.807, 2.05) is 6.08 Å². The van der Waals surface area contributed by atoms with E-state index in [1.54, 1.807) is 0 Å². The molecule has 0 aliphatic carbocycles. The van der Waals surface area contributed by atoms with E-state index < -0.39 is 0 Å². The molecule has 1 rings (SSSR count). The Hall–Kier alpha value is -0.560. The summed E-state index contributed by atoms with van der Waals surface area (Å²) in [6, 6.07) is 1.49. The zero-order valence-electron chi connectivity index (χ0n) is 8.71. The van der Waals surface area contributed by atoms with Gasteiger partial charge in [-0.25, -0.2) is 0 Å². The summed E-state index contributed by atoms with van der Waals surface area (Å²) in [7, 11) is 0. The molecule has 0 bridgehead atoms. The molecule has 2 atom stereocenters. The van der Waals surface area contributed by atoms with Gasteiger partial charge >= 0.3 is 0 Å². The van der Waals surface area contributed by atoms with Gasteiger partial charge in [-0.3, -0.25) is 0 Å². The number of nitrogens with two attached hydrogens (primary N) is 1. The summed E-state index contributed by atoms with van der Waals surface area (Å²) in [5, 5.41) is 2.51. The topological polar surface area (TPSA) is 16.6 Å². The summed E-state index contributed by atoms with van der Waals surface area (Å²) < 4.78 is 0. The zero-order chi connectivity index (χ0) is 9.52. The minimum absolute atomic E-state index is 0.735. The Kier molecular flexibility index (Phi) is 4.84. The molecule has 13 heavy (non-hydrogen) atoms. The van der Waals surface area contributed by atoms with Crippen LogP contribution in [0.5, 0.6) is 0 Å². The molecular formula is C12H22N+. The van der Waals surface area contributed by atoms with Crippen LogP contribution >= 0.6 is 0 Å². The number of hydrogen-bond donors (Lipinski definition) is 1. The highest BCUT2D eigenvalue weighted by molar-refractivity contribution is 4.94. The van der Waals surface area contributed by atoms with Crippen LogP contribution in [0.4, 0.5) is 0 Å². The van der Waals surface area contributed by atoms with Crippen LogP contribution in [0.3, 0.4) is 0 Å². The molecule has 0 aromatic heterocycles. The Labute approximate surface area is 81.9 Å². The highest BCUT2D eigenvalue weighted by Crippen LogP contribution is 2.06. The fraction of sp³-hybridized carbons (Fsp3) is 0.667. The first-order valence-electron chi connectivity index (χ1n) is 5.49. The van der Waals surface area contributed by atoms with E-state index in [4.69, 9.17) is 0 Å². The van der Waals surface area contributed by atoms with Crippen LogP contribution in [0.25, 0.3) is 0 Å². The molecule has 0 aromatic rings. The summed E-state index contributed by atoms with van der Waals surface area (Å²) in [6.45, 7) is 6.06. The first kappa shape index (κ1) is 10.5. The van der Waals surface area contributed by atoms with Crippen LogP contribution in [0.15, 0.2) is 24.8 Å². The third kappa shape index (κ3) is 3.77. The third-order valence-corrected chi connectivity index (χ3v) is 2.70. The second kappa shape index (κ2) is 5.98. The van der Waals surface area contributed by atoms with E-state index in [2.05, 4.69) is 31.0 Å². The van der Waals surface area contributed by atoms with Gasteiger partial charge < -0.3 is 5.32 Å². The van der Waals surface area contributed by atoms with Crippen molar-refractivity contribution in [2.24, 2.45) is 0 Å².